The van der Waals surface area contributed by atoms with E-state index in [-0.39, 0.29) is 0 Å². The van der Waals surface area contributed by atoms with Crippen molar-refractivity contribution < 1.29 is 0 Å². The Labute approximate surface area is 82.1 Å². The zero-order valence-electron chi connectivity index (χ0n) is 8.82. The monoisotopic (exact) mass is 180 g/mol. The van der Waals surface area contributed by atoms with E-state index in [0.717, 1.165) is 6.42 Å². The quantitative estimate of drug-likeness (QED) is 0.344. The van der Waals surface area contributed by atoms with Crippen molar-refractivity contribution in [3.63, 3.8) is 0 Å². The highest BCUT2D eigenvalue weighted by Gasteiger charge is 2.06. The first-order chi connectivity index (χ1) is 5.85. The van der Waals surface area contributed by atoms with E-state index in [1.807, 2.05) is 0 Å². The number of hydrogen-bond acceptors (Lipinski definition) is 0. The van der Waals surface area contributed by atoms with Gasteiger partial charge in [0.25, 0.3) is 0 Å². The molecule has 0 radical (unpaired) electrons. The molecule has 0 N–H and O–H groups in total. The van der Waals surface area contributed by atoms with Crippen molar-refractivity contribution in [2.45, 2.75) is 57.0 Å². The molecule has 0 fully saturated rings. The van der Waals surface area contributed by atoms with Crippen molar-refractivity contribution in [1.29, 1.82) is 0 Å². The third-order valence-electron chi connectivity index (χ3n) is 2.20. The molecular formula is C11H21Al. The van der Waals surface area contributed by atoms with Crippen LogP contribution < -0.4 is 0 Å². The third kappa shape index (κ3) is 6.78. The zero-order valence-corrected chi connectivity index (χ0v) is 9.97. The summed E-state index contributed by atoms with van der Waals surface area (Å²) in [4.78, 5) is 3.47. The van der Waals surface area contributed by atoms with Gasteiger partial charge in [-0.05, 0) is 6.42 Å². The van der Waals surface area contributed by atoms with Crippen LogP contribution in [0, 0.1) is 10.7 Å². The van der Waals surface area contributed by atoms with Gasteiger partial charge in [0.1, 0.15) is 0 Å². The van der Waals surface area contributed by atoms with Gasteiger partial charge in [-0.2, -0.15) is 0 Å². The molecule has 0 aliphatic rings. The average Bonchev–Trinajstić information content (AvgIpc) is 2.11. The van der Waals surface area contributed by atoms with Crippen molar-refractivity contribution >= 4 is 14.1 Å². The lowest BCUT2D eigenvalue weighted by molar-refractivity contribution is 0.737. The molecular weight excluding hydrogens is 159 g/mol. The first kappa shape index (κ1) is 12.1. The Morgan fingerprint density at radius 2 is 1.67 bits per heavy atom. The normalized spacial score (nSPS) is 8.92. The maximum atomic E-state index is 3.47. The molecule has 0 amide bonds. The first-order valence-electron chi connectivity index (χ1n) is 5.33. The standard InChI is InChI=1S/C7H11.2C2H5.Al/c1-3-5-7-6-4-2;2*1-2;/h3,5-7H2,1H3;2*1H2,2H3;. The van der Waals surface area contributed by atoms with Crippen LogP contribution in [0.5, 0.6) is 0 Å². The molecule has 0 aromatic carbocycles. The van der Waals surface area contributed by atoms with Gasteiger partial charge in [-0.3, -0.25) is 0 Å². The third-order valence-corrected chi connectivity index (χ3v) is 4.78. The van der Waals surface area contributed by atoms with Crippen molar-refractivity contribution in [3.8, 4) is 10.7 Å². The van der Waals surface area contributed by atoms with E-state index in [1.54, 1.807) is 0 Å². The van der Waals surface area contributed by atoms with Gasteiger partial charge in [-0.1, -0.05) is 44.2 Å². The highest BCUT2D eigenvalue weighted by Crippen LogP contribution is 1.99. The Morgan fingerprint density at radius 3 is 2.17 bits per heavy atom. The minimum Gasteiger partial charge on any atom is -0.205 e. The molecule has 0 heterocycles. The van der Waals surface area contributed by atoms with Gasteiger partial charge in [0.15, 0.2) is 0 Å². The van der Waals surface area contributed by atoms with Crippen LogP contribution in [0.15, 0.2) is 0 Å². The molecule has 68 valence electrons. The summed E-state index contributed by atoms with van der Waals surface area (Å²) in [6.45, 7) is 6.80. The number of rotatable bonds is 5. The molecule has 0 atom stereocenters. The lowest BCUT2D eigenvalue weighted by Crippen LogP contribution is -2.04. The summed E-state index contributed by atoms with van der Waals surface area (Å²) in [6, 6.07) is 0. The lowest BCUT2D eigenvalue weighted by Gasteiger charge is -1.93. The van der Waals surface area contributed by atoms with Gasteiger partial charge in [0, 0.05) is 6.42 Å². The van der Waals surface area contributed by atoms with E-state index in [4.69, 9.17) is 0 Å². The second-order valence-electron chi connectivity index (χ2n) is 3.29. The van der Waals surface area contributed by atoms with E-state index in [0.29, 0.717) is 0 Å². The van der Waals surface area contributed by atoms with Crippen molar-refractivity contribution in [1.82, 2.24) is 0 Å². The molecule has 0 aromatic heterocycles. The fraction of sp³-hybridized carbons (Fsp3) is 0.818. The summed E-state index contributed by atoms with van der Waals surface area (Å²) in [7, 11) is 0. The van der Waals surface area contributed by atoms with Crippen LogP contribution in [0.3, 0.4) is 0 Å². The molecule has 0 saturated carbocycles. The molecule has 0 nitrogen and oxygen atoms in total. The summed E-state index contributed by atoms with van der Waals surface area (Å²) in [5.41, 5.74) is 0. The Kier molecular flexibility index (Phi) is 9.25. The fourth-order valence-electron chi connectivity index (χ4n) is 1.17. The molecule has 0 aliphatic carbocycles. The molecule has 12 heavy (non-hydrogen) atoms. The first-order valence-corrected chi connectivity index (χ1v) is 7.54. The topological polar surface area (TPSA) is 0 Å². The molecule has 0 spiro atoms. The van der Waals surface area contributed by atoms with Gasteiger partial charge < -0.3 is 0 Å². The van der Waals surface area contributed by atoms with Crippen molar-refractivity contribution in [2.24, 2.45) is 0 Å². The summed E-state index contributed by atoms with van der Waals surface area (Å²) in [5.74, 6) is 3.33. The maximum absolute atomic E-state index is 3.47. The summed E-state index contributed by atoms with van der Waals surface area (Å²) in [5, 5.41) is 2.69. The van der Waals surface area contributed by atoms with Crippen molar-refractivity contribution in [3.05, 3.63) is 0 Å². The predicted molar refractivity (Wildman–Crippen MR) is 58.6 cm³/mol. The molecule has 0 saturated heterocycles. The minimum atomic E-state index is -0.605. The summed E-state index contributed by atoms with van der Waals surface area (Å²) in [6.07, 6.45) is 5.10. The van der Waals surface area contributed by atoms with E-state index < -0.39 is 14.1 Å². The van der Waals surface area contributed by atoms with Crippen LogP contribution in [-0.2, 0) is 0 Å². The van der Waals surface area contributed by atoms with Gasteiger partial charge in [-0.15, -0.1) is 5.92 Å². The van der Waals surface area contributed by atoms with E-state index >= 15 is 0 Å². The van der Waals surface area contributed by atoms with Gasteiger partial charge >= 0.3 is 14.1 Å². The van der Waals surface area contributed by atoms with Gasteiger partial charge in [0.05, 0.1) is 0 Å². The SMILES string of the molecule is CCCCCC#[C][Al]([CH2]C)[CH2]C. The zero-order chi connectivity index (χ0) is 9.23. The predicted octanol–water partition coefficient (Wildman–Crippen LogP) is 3.64. The molecule has 0 aliphatic heterocycles. The maximum Gasteiger partial charge on any atom is 0.375 e. The Bertz CT molecular complexity index is 137. The second-order valence-corrected chi connectivity index (χ2v) is 6.61. The summed E-state index contributed by atoms with van der Waals surface area (Å²) >= 11 is -0.605. The van der Waals surface area contributed by atoms with Crippen LogP contribution in [0.4, 0.5) is 0 Å². The minimum absolute atomic E-state index is 0.605. The van der Waals surface area contributed by atoms with Gasteiger partial charge in [-0.25, -0.2) is 4.78 Å². The highest BCUT2D eigenvalue weighted by atomic mass is 27.2. The van der Waals surface area contributed by atoms with E-state index in [2.05, 4.69) is 31.5 Å². The fourth-order valence-corrected chi connectivity index (χ4v) is 2.59. The molecule has 0 rings (SSSR count). The van der Waals surface area contributed by atoms with Crippen LogP contribution in [0.1, 0.15) is 46.5 Å². The second kappa shape index (κ2) is 9.18. The molecule has 1 heteroatoms. The van der Waals surface area contributed by atoms with Crippen LogP contribution in [0.25, 0.3) is 0 Å². The average molecular weight is 180 g/mol. The molecule has 0 unspecified atom stereocenters. The molecule has 0 bridgehead atoms. The largest absolute Gasteiger partial charge is 0.375 e. The Hall–Kier alpha value is 0.0925. The van der Waals surface area contributed by atoms with E-state index in [1.165, 1.54) is 29.8 Å². The van der Waals surface area contributed by atoms with E-state index in [9.17, 15) is 0 Å². The summed E-state index contributed by atoms with van der Waals surface area (Å²) < 4.78 is 0. The Balaban J connectivity index is 3.42. The van der Waals surface area contributed by atoms with Crippen LogP contribution >= 0.6 is 0 Å². The number of unbranched alkanes of at least 4 members (excludes halogenated alkanes) is 3. The highest BCUT2D eigenvalue weighted by molar-refractivity contribution is 6.67. The van der Waals surface area contributed by atoms with Crippen LogP contribution in [-0.4, -0.2) is 14.1 Å². The lowest BCUT2D eigenvalue weighted by atomic mass is 10.2. The number of hydrogen-bond donors (Lipinski definition) is 0. The smallest absolute Gasteiger partial charge is 0.205 e. The van der Waals surface area contributed by atoms with Crippen LogP contribution in [0.2, 0.25) is 10.6 Å². The van der Waals surface area contributed by atoms with Crippen molar-refractivity contribution in [2.75, 3.05) is 0 Å². The Morgan fingerprint density at radius 1 is 1.00 bits per heavy atom. The van der Waals surface area contributed by atoms with Gasteiger partial charge in [0.2, 0.25) is 0 Å². The molecule has 0 aromatic rings.